The molecular formula is C52H105N2O6P. The van der Waals surface area contributed by atoms with Gasteiger partial charge in [0.25, 0.3) is 7.82 Å². The SMILES string of the molecule is CCCCCCCC/C=C/CCCCCCCCCCCCCCCC(=O)N[C@@H](COP(=O)([O-])OCC[N+](C)(C)C)[C@H](O)CCCCCCCCCCCCCCCCCC. The van der Waals surface area contributed by atoms with E-state index in [0.717, 1.165) is 38.5 Å². The van der Waals surface area contributed by atoms with Crippen LogP contribution in [0.15, 0.2) is 12.2 Å². The predicted molar refractivity (Wildman–Crippen MR) is 261 cm³/mol. The number of hydrogen-bond donors (Lipinski definition) is 2. The summed E-state index contributed by atoms with van der Waals surface area (Å²) in [5.74, 6) is -0.161. The molecule has 0 heterocycles. The van der Waals surface area contributed by atoms with Crippen molar-refractivity contribution in [2.75, 3.05) is 40.9 Å². The zero-order valence-electron chi connectivity index (χ0n) is 41.4. The molecule has 2 N–H and O–H groups in total. The standard InChI is InChI=1S/C52H105N2O6P/c1-6-8-10-12-14-16-18-20-22-24-25-26-27-28-29-30-32-34-36-38-40-42-44-46-52(56)53-50(49-60-61(57,58)59-48-47-54(3,4)5)51(55)45-43-41-39-37-35-33-31-23-21-19-17-15-13-11-9-7-2/h20,22,50-51,55H,6-19,21,23-49H2,1-5H3,(H-,53,56,57,58)/b22-20+/t50-,51+/m0/s1. The van der Waals surface area contributed by atoms with Crippen LogP contribution in [-0.4, -0.2) is 68.5 Å². The Morgan fingerprint density at radius 1 is 0.557 bits per heavy atom. The minimum absolute atomic E-state index is 0.0148. The highest BCUT2D eigenvalue weighted by Crippen LogP contribution is 2.38. The first-order valence-corrected chi connectivity index (χ1v) is 28.0. The van der Waals surface area contributed by atoms with Gasteiger partial charge in [-0.2, -0.15) is 0 Å². The van der Waals surface area contributed by atoms with Gasteiger partial charge < -0.3 is 28.8 Å². The molecule has 0 rings (SSSR count). The predicted octanol–water partition coefficient (Wildman–Crippen LogP) is 14.8. The number of carbonyl (C=O) groups excluding carboxylic acids is 1. The van der Waals surface area contributed by atoms with E-state index in [4.69, 9.17) is 9.05 Å². The number of phosphoric ester groups is 1. The maximum atomic E-state index is 12.9. The average molecular weight is 885 g/mol. The second-order valence-corrected chi connectivity index (χ2v) is 21.0. The van der Waals surface area contributed by atoms with Crippen molar-refractivity contribution in [2.45, 2.75) is 276 Å². The molecule has 0 saturated carbocycles. The minimum Gasteiger partial charge on any atom is -0.756 e. The Hall–Kier alpha value is -0.760. The van der Waals surface area contributed by atoms with Crippen molar-refractivity contribution in [3.63, 3.8) is 0 Å². The van der Waals surface area contributed by atoms with Gasteiger partial charge in [-0.15, -0.1) is 0 Å². The van der Waals surface area contributed by atoms with Crippen LogP contribution < -0.4 is 10.2 Å². The Morgan fingerprint density at radius 2 is 0.902 bits per heavy atom. The first-order valence-electron chi connectivity index (χ1n) is 26.5. The van der Waals surface area contributed by atoms with Gasteiger partial charge in [-0.25, -0.2) is 0 Å². The van der Waals surface area contributed by atoms with Crippen LogP contribution in [0, 0.1) is 0 Å². The first kappa shape index (κ1) is 60.2. The molecule has 61 heavy (non-hydrogen) atoms. The van der Waals surface area contributed by atoms with Crippen LogP contribution in [0.2, 0.25) is 0 Å². The fourth-order valence-corrected chi connectivity index (χ4v) is 8.76. The molecule has 364 valence electrons. The highest BCUT2D eigenvalue weighted by atomic mass is 31.2. The van der Waals surface area contributed by atoms with E-state index in [9.17, 15) is 19.4 Å². The molecule has 0 spiro atoms. The molecule has 3 atom stereocenters. The quantitative estimate of drug-likeness (QED) is 0.0273. The minimum atomic E-state index is -4.56. The third-order valence-corrected chi connectivity index (χ3v) is 13.2. The molecule has 0 aromatic rings. The number of aliphatic hydroxyl groups excluding tert-OH is 1. The van der Waals surface area contributed by atoms with Gasteiger partial charge in [-0.05, 0) is 38.5 Å². The van der Waals surface area contributed by atoms with E-state index in [1.54, 1.807) is 0 Å². The third kappa shape index (κ3) is 47.0. The fraction of sp³-hybridized carbons (Fsp3) is 0.942. The lowest BCUT2D eigenvalue weighted by Crippen LogP contribution is -2.46. The largest absolute Gasteiger partial charge is 0.756 e. The number of phosphoric acid groups is 1. The van der Waals surface area contributed by atoms with Crippen molar-refractivity contribution >= 4 is 13.7 Å². The van der Waals surface area contributed by atoms with Gasteiger partial charge in [-0.1, -0.05) is 231 Å². The van der Waals surface area contributed by atoms with Crippen molar-refractivity contribution in [3.8, 4) is 0 Å². The molecule has 0 radical (unpaired) electrons. The molecule has 0 bridgehead atoms. The summed E-state index contributed by atoms with van der Waals surface area (Å²) in [6.45, 7) is 4.75. The Balaban J connectivity index is 4.18. The number of unbranched alkanes of at least 4 members (excludes halogenated alkanes) is 34. The Labute approximate surface area is 380 Å². The summed E-state index contributed by atoms with van der Waals surface area (Å²) in [7, 11) is 1.32. The molecule has 0 aromatic heterocycles. The normalized spacial score (nSPS) is 14.1. The van der Waals surface area contributed by atoms with Gasteiger partial charge in [0.2, 0.25) is 5.91 Å². The monoisotopic (exact) mass is 885 g/mol. The lowest BCUT2D eigenvalue weighted by atomic mass is 10.0. The van der Waals surface area contributed by atoms with Gasteiger partial charge in [0, 0.05) is 6.42 Å². The van der Waals surface area contributed by atoms with E-state index >= 15 is 0 Å². The second kappa shape index (κ2) is 44.4. The van der Waals surface area contributed by atoms with Crippen LogP contribution >= 0.6 is 7.82 Å². The molecule has 0 aliphatic heterocycles. The van der Waals surface area contributed by atoms with Crippen molar-refractivity contribution in [3.05, 3.63) is 12.2 Å². The lowest BCUT2D eigenvalue weighted by molar-refractivity contribution is -0.870. The first-order chi connectivity index (χ1) is 29.5. The van der Waals surface area contributed by atoms with Gasteiger partial charge >= 0.3 is 0 Å². The summed E-state index contributed by atoms with van der Waals surface area (Å²) in [5, 5.41) is 14.0. The van der Waals surface area contributed by atoms with Crippen LogP contribution in [0.3, 0.4) is 0 Å². The molecule has 1 amide bonds. The van der Waals surface area contributed by atoms with Crippen molar-refractivity contribution < 1.29 is 32.9 Å². The van der Waals surface area contributed by atoms with Gasteiger partial charge in [0.1, 0.15) is 13.2 Å². The number of amides is 1. The van der Waals surface area contributed by atoms with Crippen LogP contribution in [-0.2, 0) is 18.4 Å². The molecule has 0 aliphatic carbocycles. The van der Waals surface area contributed by atoms with E-state index in [2.05, 4.69) is 31.3 Å². The zero-order valence-corrected chi connectivity index (χ0v) is 42.3. The molecule has 0 aromatic carbocycles. The Morgan fingerprint density at radius 3 is 1.28 bits per heavy atom. The van der Waals surface area contributed by atoms with Crippen molar-refractivity contribution in [1.82, 2.24) is 5.32 Å². The molecular weight excluding hydrogens is 780 g/mol. The summed E-state index contributed by atoms with van der Waals surface area (Å²) >= 11 is 0. The van der Waals surface area contributed by atoms with E-state index in [1.165, 1.54) is 199 Å². The van der Waals surface area contributed by atoms with Gasteiger partial charge in [-0.3, -0.25) is 9.36 Å². The highest BCUT2D eigenvalue weighted by molar-refractivity contribution is 7.45. The second-order valence-electron chi connectivity index (χ2n) is 19.6. The highest BCUT2D eigenvalue weighted by Gasteiger charge is 2.24. The zero-order chi connectivity index (χ0) is 45.0. The van der Waals surface area contributed by atoms with E-state index in [1.807, 2.05) is 21.1 Å². The fourth-order valence-electron chi connectivity index (χ4n) is 8.04. The van der Waals surface area contributed by atoms with Crippen molar-refractivity contribution in [1.29, 1.82) is 0 Å². The number of allylic oxidation sites excluding steroid dienone is 2. The topological polar surface area (TPSA) is 108 Å². The molecule has 0 aliphatic rings. The van der Waals surface area contributed by atoms with E-state index < -0.39 is 20.0 Å². The third-order valence-electron chi connectivity index (χ3n) is 12.3. The maximum absolute atomic E-state index is 12.9. The van der Waals surface area contributed by atoms with Crippen LogP contribution in [0.25, 0.3) is 0 Å². The number of rotatable bonds is 49. The number of nitrogens with one attached hydrogen (secondary N) is 1. The number of carbonyl (C=O) groups is 1. The summed E-state index contributed by atoms with van der Waals surface area (Å²) in [6, 6.07) is -0.796. The van der Waals surface area contributed by atoms with Gasteiger partial charge in [0.15, 0.2) is 0 Å². The molecule has 1 unspecified atom stereocenters. The van der Waals surface area contributed by atoms with Crippen LogP contribution in [0.1, 0.15) is 264 Å². The average Bonchev–Trinajstić information content (AvgIpc) is 3.21. The van der Waals surface area contributed by atoms with Gasteiger partial charge in [0.05, 0.1) is 39.9 Å². The maximum Gasteiger partial charge on any atom is 0.268 e. The van der Waals surface area contributed by atoms with E-state index in [0.29, 0.717) is 23.9 Å². The summed E-state index contributed by atoms with van der Waals surface area (Å²) in [6.07, 6.45) is 52.2. The number of hydrogen-bond acceptors (Lipinski definition) is 6. The van der Waals surface area contributed by atoms with Crippen LogP contribution in [0.5, 0.6) is 0 Å². The Bertz CT molecular complexity index is 1000. The lowest BCUT2D eigenvalue weighted by Gasteiger charge is -2.30. The van der Waals surface area contributed by atoms with Crippen LogP contribution in [0.4, 0.5) is 0 Å². The molecule has 0 saturated heterocycles. The number of nitrogens with zero attached hydrogens (tertiary/aromatic N) is 1. The smallest absolute Gasteiger partial charge is 0.268 e. The number of aliphatic hydroxyl groups is 1. The summed E-state index contributed by atoms with van der Waals surface area (Å²) < 4.78 is 23.4. The molecule has 9 heteroatoms. The Kier molecular flexibility index (Phi) is 43.9. The number of likely N-dealkylation sites (N-methyl/N-ethyl adjacent to an activating group) is 1. The molecule has 8 nitrogen and oxygen atoms in total. The molecule has 0 fully saturated rings. The summed E-state index contributed by atoms with van der Waals surface area (Å²) in [4.78, 5) is 25.5. The number of quaternary nitrogens is 1. The summed E-state index contributed by atoms with van der Waals surface area (Å²) in [5.41, 5.74) is 0. The van der Waals surface area contributed by atoms with E-state index in [-0.39, 0.29) is 19.1 Å². The van der Waals surface area contributed by atoms with Crippen molar-refractivity contribution in [2.24, 2.45) is 0 Å².